The highest BCUT2D eigenvalue weighted by Crippen LogP contribution is 2.47. The fourth-order valence-electron chi connectivity index (χ4n) is 2.46. The van der Waals surface area contributed by atoms with Crippen LogP contribution in [0.4, 0.5) is 0 Å². The highest BCUT2D eigenvalue weighted by atomic mass is 16.3. The maximum Gasteiger partial charge on any atom is 0.169 e. The van der Waals surface area contributed by atoms with Crippen molar-refractivity contribution in [2.45, 2.75) is 12.8 Å². The van der Waals surface area contributed by atoms with Gasteiger partial charge in [-0.1, -0.05) is 12.2 Å². The third-order valence-electron chi connectivity index (χ3n) is 3.40. The molecule has 18 heavy (non-hydrogen) atoms. The van der Waals surface area contributed by atoms with E-state index in [4.69, 9.17) is 0 Å². The van der Waals surface area contributed by atoms with Gasteiger partial charge in [-0.3, -0.25) is 0 Å². The maximum atomic E-state index is 10.2. The third-order valence-corrected chi connectivity index (χ3v) is 3.40. The van der Waals surface area contributed by atoms with Gasteiger partial charge in [-0.15, -0.1) is 0 Å². The molecule has 1 aliphatic carbocycles. The zero-order valence-corrected chi connectivity index (χ0v) is 9.51. The Labute approximate surface area is 103 Å². The van der Waals surface area contributed by atoms with Gasteiger partial charge in [-0.2, -0.15) is 0 Å². The summed E-state index contributed by atoms with van der Waals surface area (Å²) in [6.45, 7) is 0. The van der Waals surface area contributed by atoms with Crippen molar-refractivity contribution in [3.05, 3.63) is 35.4 Å². The minimum Gasteiger partial charge on any atom is -0.507 e. The molecule has 0 radical (unpaired) electrons. The van der Waals surface area contributed by atoms with Crippen molar-refractivity contribution in [3.63, 3.8) is 0 Å². The number of phenols is 4. The van der Waals surface area contributed by atoms with E-state index in [0.29, 0.717) is 29.4 Å². The summed E-state index contributed by atoms with van der Waals surface area (Å²) in [7, 11) is 0. The van der Waals surface area contributed by atoms with Gasteiger partial charge in [0.25, 0.3) is 0 Å². The van der Waals surface area contributed by atoms with Crippen LogP contribution >= 0.6 is 0 Å². The molecule has 0 aromatic heterocycles. The lowest BCUT2D eigenvalue weighted by Gasteiger charge is -2.18. The fraction of sp³-hybridized carbons (Fsp3) is 0.143. The minimum absolute atomic E-state index is 0.0532. The zero-order valence-electron chi connectivity index (χ0n) is 9.51. The van der Waals surface area contributed by atoms with E-state index in [-0.39, 0.29) is 22.6 Å². The monoisotopic (exact) mass is 244 g/mol. The van der Waals surface area contributed by atoms with Crippen molar-refractivity contribution in [2.75, 3.05) is 0 Å². The van der Waals surface area contributed by atoms with E-state index in [9.17, 15) is 20.4 Å². The molecule has 92 valence electrons. The number of rotatable bonds is 0. The van der Waals surface area contributed by atoms with E-state index in [1.807, 2.05) is 12.2 Å². The van der Waals surface area contributed by atoms with E-state index in [1.54, 1.807) is 0 Å². The maximum absolute atomic E-state index is 10.2. The van der Waals surface area contributed by atoms with Crippen molar-refractivity contribution in [1.29, 1.82) is 0 Å². The average Bonchev–Trinajstić information content (AvgIpc) is 2.39. The lowest BCUT2D eigenvalue weighted by Crippen LogP contribution is -1.99. The molecule has 0 fully saturated rings. The Hall–Kier alpha value is -2.36. The normalized spacial score (nSPS) is 13.8. The Morgan fingerprint density at radius 1 is 0.722 bits per heavy atom. The number of benzene rings is 2. The first-order valence-corrected chi connectivity index (χ1v) is 5.66. The quantitative estimate of drug-likeness (QED) is 0.326. The molecule has 0 heterocycles. The summed E-state index contributed by atoms with van der Waals surface area (Å²) in [5.74, 6) is -0.742. The van der Waals surface area contributed by atoms with Gasteiger partial charge >= 0.3 is 0 Å². The van der Waals surface area contributed by atoms with Crippen molar-refractivity contribution in [2.24, 2.45) is 0 Å². The molecule has 2 aromatic carbocycles. The van der Waals surface area contributed by atoms with Gasteiger partial charge in [0.1, 0.15) is 11.5 Å². The van der Waals surface area contributed by atoms with Gasteiger partial charge in [0.05, 0.1) is 5.39 Å². The van der Waals surface area contributed by atoms with Crippen LogP contribution in [0.15, 0.2) is 24.3 Å². The van der Waals surface area contributed by atoms with E-state index >= 15 is 0 Å². The average molecular weight is 244 g/mol. The number of allylic oxidation sites excluding steroid dienone is 2. The molecule has 4 heteroatoms. The topological polar surface area (TPSA) is 80.9 Å². The van der Waals surface area contributed by atoms with Crippen LogP contribution in [-0.4, -0.2) is 20.4 Å². The van der Waals surface area contributed by atoms with E-state index in [0.717, 1.165) is 0 Å². The Morgan fingerprint density at radius 3 is 2.00 bits per heavy atom. The highest BCUT2D eigenvalue weighted by Gasteiger charge is 2.22. The van der Waals surface area contributed by atoms with Gasteiger partial charge in [0.2, 0.25) is 0 Å². The summed E-state index contributed by atoms with van der Waals surface area (Å²) in [6.07, 6.45) is 4.87. The SMILES string of the molecule is Oc1ccc2c(O)c3c(c(O)c2c1O)CC=CC3. The van der Waals surface area contributed by atoms with Crippen LogP contribution in [0.25, 0.3) is 10.8 Å². The summed E-state index contributed by atoms with van der Waals surface area (Å²) in [5.41, 5.74) is 1.27. The molecule has 0 unspecified atom stereocenters. The second-order valence-electron chi connectivity index (χ2n) is 4.39. The van der Waals surface area contributed by atoms with Crippen LogP contribution in [-0.2, 0) is 12.8 Å². The van der Waals surface area contributed by atoms with Crippen molar-refractivity contribution < 1.29 is 20.4 Å². The first-order valence-electron chi connectivity index (χ1n) is 5.66. The van der Waals surface area contributed by atoms with E-state index in [1.165, 1.54) is 12.1 Å². The van der Waals surface area contributed by atoms with E-state index < -0.39 is 5.75 Å². The van der Waals surface area contributed by atoms with Crippen molar-refractivity contribution in [3.8, 4) is 23.0 Å². The van der Waals surface area contributed by atoms with Crippen LogP contribution in [0, 0.1) is 0 Å². The number of hydrogen-bond donors (Lipinski definition) is 4. The van der Waals surface area contributed by atoms with Crippen LogP contribution in [0.1, 0.15) is 11.1 Å². The molecule has 0 atom stereocenters. The molecule has 0 amide bonds. The van der Waals surface area contributed by atoms with Gasteiger partial charge in [0, 0.05) is 16.5 Å². The van der Waals surface area contributed by atoms with Gasteiger partial charge in [-0.25, -0.2) is 0 Å². The number of aromatic hydroxyl groups is 4. The van der Waals surface area contributed by atoms with Crippen LogP contribution in [0.3, 0.4) is 0 Å². The molecular weight excluding hydrogens is 232 g/mol. The molecule has 3 rings (SSSR count). The molecule has 0 saturated heterocycles. The summed E-state index contributed by atoms with van der Waals surface area (Å²) in [5, 5.41) is 40.2. The molecule has 0 spiro atoms. The fourth-order valence-corrected chi connectivity index (χ4v) is 2.46. The standard InChI is InChI=1S/C14H12O4/c15-10-6-5-9-11(14(10)18)13(17)8-4-2-1-3-7(8)12(9)16/h1-2,5-6,15-18H,3-4H2. The highest BCUT2D eigenvalue weighted by molar-refractivity contribution is 6.01. The summed E-state index contributed by atoms with van der Waals surface area (Å²) in [6, 6.07) is 2.78. The Bertz CT molecular complexity index is 686. The van der Waals surface area contributed by atoms with Gasteiger partial charge in [0.15, 0.2) is 11.5 Å². The second kappa shape index (κ2) is 3.57. The van der Waals surface area contributed by atoms with Crippen LogP contribution < -0.4 is 0 Å². The largest absolute Gasteiger partial charge is 0.507 e. The van der Waals surface area contributed by atoms with Gasteiger partial charge in [-0.05, 0) is 25.0 Å². The van der Waals surface area contributed by atoms with Crippen molar-refractivity contribution in [1.82, 2.24) is 0 Å². The third kappa shape index (κ3) is 1.26. The molecule has 4 nitrogen and oxygen atoms in total. The first-order chi connectivity index (χ1) is 8.61. The molecule has 1 aliphatic rings. The smallest absolute Gasteiger partial charge is 0.169 e. The van der Waals surface area contributed by atoms with Gasteiger partial charge < -0.3 is 20.4 Å². The lowest BCUT2D eigenvalue weighted by molar-refractivity contribution is 0.404. The Balaban J connectivity index is 2.50. The van der Waals surface area contributed by atoms with Crippen LogP contribution in [0.5, 0.6) is 23.0 Å². The Morgan fingerprint density at radius 2 is 1.33 bits per heavy atom. The molecule has 4 N–H and O–H groups in total. The number of fused-ring (bicyclic) bond motifs is 2. The lowest BCUT2D eigenvalue weighted by atomic mass is 9.90. The number of phenolic OH excluding ortho intramolecular Hbond substituents is 4. The minimum atomic E-state index is -0.405. The summed E-state index contributed by atoms with van der Waals surface area (Å²) >= 11 is 0. The molecule has 2 aromatic rings. The van der Waals surface area contributed by atoms with E-state index in [2.05, 4.69) is 0 Å². The molecule has 0 aliphatic heterocycles. The zero-order chi connectivity index (χ0) is 12.9. The van der Waals surface area contributed by atoms with Crippen molar-refractivity contribution >= 4 is 10.8 Å². The second-order valence-corrected chi connectivity index (χ2v) is 4.39. The Kier molecular flexibility index (Phi) is 2.13. The number of hydrogen-bond acceptors (Lipinski definition) is 4. The predicted octanol–water partition coefficient (Wildman–Crippen LogP) is 2.32. The summed E-state index contributed by atoms with van der Waals surface area (Å²) in [4.78, 5) is 0. The molecule has 0 saturated carbocycles. The summed E-state index contributed by atoms with van der Waals surface area (Å²) < 4.78 is 0. The van der Waals surface area contributed by atoms with Crippen LogP contribution in [0.2, 0.25) is 0 Å². The first kappa shape index (κ1) is 10.8. The molecule has 0 bridgehead atoms. The predicted molar refractivity (Wildman–Crippen MR) is 67.2 cm³/mol. The molecular formula is C14H12O4.